The van der Waals surface area contributed by atoms with Crippen LogP contribution in [-0.2, 0) is 79.1 Å². The molecule has 0 aliphatic carbocycles. The van der Waals surface area contributed by atoms with Gasteiger partial charge in [-0.1, -0.05) is 78.4 Å². The molecule has 14 nitrogen and oxygen atoms in total. The number of aliphatic hydroxyl groups excluding tert-OH is 2. The Balaban J connectivity index is 1.59. The molecular formula is C41H48Cl2O14. The number of hydrogen-bond acceptors (Lipinski definition) is 14. The SMILES string of the molecule is Cc1ccc(COC(=O)C(C)(COC(=O)OCC(C)(CO)C(=O)OCc2ccc(CCl)cc2)COC(=O)OCC(C)(CO)C(=O)OCc2ccc(CCl)cc2)cc1. The van der Waals surface area contributed by atoms with Gasteiger partial charge in [0, 0.05) is 11.8 Å². The zero-order valence-corrected chi connectivity index (χ0v) is 33.8. The molecule has 0 saturated heterocycles. The highest BCUT2D eigenvalue weighted by Crippen LogP contribution is 2.25. The van der Waals surface area contributed by atoms with Crippen molar-refractivity contribution in [3.8, 4) is 0 Å². The van der Waals surface area contributed by atoms with Crippen LogP contribution in [0.5, 0.6) is 0 Å². The highest BCUT2D eigenvalue weighted by Gasteiger charge is 2.41. The number of rotatable bonds is 21. The molecule has 310 valence electrons. The number of ether oxygens (including phenoxy) is 7. The molecule has 0 aliphatic rings. The van der Waals surface area contributed by atoms with E-state index in [1.54, 1.807) is 60.7 Å². The lowest BCUT2D eigenvalue weighted by atomic mass is 9.93. The monoisotopic (exact) mass is 834 g/mol. The Morgan fingerprint density at radius 1 is 0.456 bits per heavy atom. The van der Waals surface area contributed by atoms with Crippen molar-refractivity contribution in [1.29, 1.82) is 0 Å². The van der Waals surface area contributed by atoms with Crippen LogP contribution in [0.4, 0.5) is 9.59 Å². The second-order valence-electron chi connectivity index (χ2n) is 14.3. The summed E-state index contributed by atoms with van der Waals surface area (Å²) in [5.41, 5.74) is -0.411. The van der Waals surface area contributed by atoms with Gasteiger partial charge in [-0.3, -0.25) is 14.4 Å². The Kier molecular flexibility index (Phi) is 18.1. The third-order valence-electron chi connectivity index (χ3n) is 8.80. The van der Waals surface area contributed by atoms with Crippen molar-refractivity contribution in [3.05, 3.63) is 106 Å². The van der Waals surface area contributed by atoms with Gasteiger partial charge >= 0.3 is 30.2 Å². The first-order valence-electron chi connectivity index (χ1n) is 17.7. The number of benzene rings is 3. The Labute approximate surface area is 341 Å². The maximum atomic E-state index is 13.4. The van der Waals surface area contributed by atoms with Gasteiger partial charge in [0.25, 0.3) is 0 Å². The summed E-state index contributed by atoms with van der Waals surface area (Å²) in [6, 6.07) is 21.2. The van der Waals surface area contributed by atoms with Crippen LogP contribution in [0.3, 0.4) is 0 Å². The zero-order valence-electron chi connectivity index (χ0n) is 32.3. The lowest BCUT2D eigenvalue weighted by Gasteiger charge is -2.28. The van der Waals surface area contributed by atoms with Gasteiger partial charge in [0.05, 0.1) is 13.2 Å². The Hall–Kier alpha value is -4.89. The third-order valence-corrected chi connectivity index (χ3v) is 9.41. The Bertz CT molecular complexity index is 1680. The largest absolute Gasteiger partial charge is 0.508 e. The van der Waals surface area contributed by atoms with Crippen molar-refractivity contribution >= 4 is 53.4 Å². The van der Waals surface area contributed by atoms with E-state index >= 15 is 0 Å². The number of aliphatic hydroxyl groups is 2. The van der Waals surface area contributed by atoms with Crippen LogP contribution in [0, 0.1) is 23.2 Å². The standard InChI is InChI=1S/C41H48Cl2O14/c1-28-5-7-31(8-6-28)19-53-36(48)41(4,26-56-37(49)54-24-39(2,22-44)34(46)51-20-32-13-9-29(17-42)10-14-32)27-57-38(50)55-25-40(3,23-45)35(47)52-21-33-15-11-30(18-43)12-16-33/h5-16,44-45H,17-27H2,1-4H3. The summed E-state index contributed by atoms with van der Waals surface area (Å²) in [6.07, 6.45) is -2.63. The van der Waals surface area contributed by atoms with E-state index in [0.717, 1.165) is 16.7 Å². The number of halogens is 2. The fourth-order valence-corrected chi connectivity index (χ4v) is 4.91. The van der Waals surface area contributed by atoms with E-state index in [-0.39, 0.29) is 19.8 Å². The average Bonchev–Trinajstić information content (AvgIpc) is 3.24. The van der Waals surface area contributed by atoms with Gasteiger partial charge in [0.1, 0.15) is 62.5 Å². The lowest BCUT2D eigenvalue weighted by molar-refractivity contribution is -0.163. The summed E-state index contributed by atoms with van der Waals surface area (Å²) in [5.74, 6) is -1.98. The highest BCUT2D eigenvalue weighted by atomic mass is 35.5. The fraction of sp³-hybridized carbons (Fsp3) is 0.439. The Morgan fingerprint density at radius 3 is 1.02 bits per heavy atom. The molecule has 2 N–H and O–H groups in total. The van der Waals surface area contributed by atoms with Gasteiger partial charge in [-0.05, 0) is 55.5 Å². The van der Waals surface area contributed by atoms with Gasteiger partial charge in [0.15, 0.2) is 0 Å². The molecule has 2 unspecified atom stereocenters. The van der Waals surface area contributed by atoms with Gasteiger partial charge < -0.3 is 43.4 Å². The molecule has 0 amide bonds. The molecule has 0 bridgehead atoms. The average molecular weight is 836 g/mol. The molecule has 16 heteroatoms. The summed E-state index contributed by atoms with van der Waals surface area (Å²) < 4.78 is 36.8. The zero-order chi connectivity index (χ0) is 42.1. The summed E-state index contributed by atoms with van der Waals surface area (Å²) >= 11 is 11.6. The van der Waals surface area contributed by atoms with E-state index in [2.05, 4.69) is 0 Å². The molecule has 3 rings (SSSR count). The molecule has 0 fully saturated rings. The predicted octanol–water partition coefficient (Wildman–Crippen LogP) is 6.31. The third kappa shape index (κ3) is 14.5. The van der Waals surface area contributed by atoms with E-state index in [0.29, 0.717) is 28.5 Å². The maximum absolute atomic E-state index is 13.4. The minimum atomic E-state index is -1.82. The van der Waals surface area contributed by atoms with Crippen molar-refractivity contribution in [2.75, 3.05) is 39.6 Å². The first kappa shape index (κ1) is 46.5. The topological polar surface area (TPSA) is 190 Å². The van der Waals surface area contributed by atoms with Crippen molar-refractivity contribution in [3.63, 3.8) is 0 Å². The minimum absolute atomic E-state index is 0.110. The minimum Gasteiger partial charge on any atom is -0.460 e. The molecule has 0 spiro atoms. The van der Waals surface area contributed by atoms with Crippen molar-refractivity contribution in [2.24, 2.45) is 16.2 Å². The lowest BCUT2D eigenvalue weighted by Crippen LogP contribution is -2.42. The van der Waals surface area contributed by atoms with E-state index in [4.69, 9.17) is 56.4 Å². The summed E-state index contributed by atoms with van der Waals surface area (Å²) in [6.45, 7) is 1.26. The maximum Gasteiger partial charge on any atom is 0.508 e. The molecule has 0 heterocycles. The quantitative estimate of drug-likeness (QED) is 0.0689. The van der Waals surface area contributed by atoms with Crippen LogP contribution in [0.15, 0.2) is 72.8 Å². The number of esters is 3. The first-order valence-corrected chi connectivity index (χ1v) is 18.8. The molecule has 3 aromatic rings. The number of alkyl halides is 2. The summed E-state index contributed by atoms with van der Waals surface area (Å²) in [7, 11) is 0. The molecular weight excluding hydrogens is 787 g/mol. The van der Waals surface area contributed by atoms with Gasteiger partial charge in [-0.25, -0.2) is 9.59 Å². The van der Waals surface area contributed by atoms with Crippen LogP contribution in [0.25, 0.3) is 0 Å². The molecule has 0 radical (unpaired) electrons. The van der Waals surface area contributed by atoms with Crippen LogP contribution in [-0.4, -0.2) is 80.1 Å². The normalized spacial score (nSPS) is 14.1. The van der Waals surface area contributed by atoms with E-state index in [1.165, 1.54) is 20.8 Å². The molecule has 3 aromatic carbocycles. The van der Waals surface area contributed by atoms with Gasteiger partial charge in [-0.15, -0.1) is 23.2 Å². The number of carbonyl (C=O) groups is 5. The first-order chi connectivity index (χ1) is 27.1. The predicted molar refractivity (Wildman–Crippen MR) is 206 cm³/mol. The molecule has 0 aromatic heterocycles. The Morgan fingerprint density at radius 2 is 0.719 bits per heavy atom. The van der Waals surface area contributed by atoms with Crippen molar-refractivity contribution < 1.29 is 67.3 Å². The van der Waals surface area contributed by atoms with E-state index in [1.807, 2.05) is 19.1 Å². The second-order valence-corrected chi connectivity index (χ2v) is 14.8. The number of aryl methyl sites for hydroxylation is 1. The second kappa shape index (κ2) is 22.2. The van der Waals surface area contributed by atoms with Crippen molar-refractivity contribution in [1.82, 2.24) is 0 Å². The summed E-state index contributed by atoms with van der Waals surface area (Å²) in [4.78, 5) is 64.5. The fourth-order valence-electron chi connectivity index (χ4n) is 4.56. The van der Waals surface area contributed by atoms with Crippen molar-refractivity contribution in [2.45, 2.75) is 59.3 Å². The number of carbonyl (C=O) groups excluding carboxylic acids is 5. The van der Waals surface area contributed by atoms with Crippen LogP contribution >= 0.6 is 23.2 Å². The van der Waals surface area contributed by atoms with Crippen LogP contribution < -0.4 is 0 Å². The molecule has 57 heavy (non-hydrogen) atoms. The molecule has 0 saturated carbocycles. The van der Waals surface area contributed by atoms with Crippen LogP contribution in [0.2, 0.25) is 0 Å². The van der Waals surface area contributed by atoms with Gasteiger partial charge in [-0.2, -0.15) is 0 Å². The van der Waals surface area contributed by atoms with E-state index in [9.17, 15) is 34.2 Å². The van der Waals surface area contributed by atoms with Crippen LogP contribution in [0.1, 0.15) is 54.2 Å². The molecule has 0 aliphatic heterocycles. The number of hydrogen-bond donors (Lipinski definition) is 2. The molecule has 2 atom stereocenters. The summed E-state index contributed by atoms with van der Waals surface area (Å²) in [5, 5.41) is 19.9. The van der Waals surface area contributed by atoms with Gasteiger partial charge in [0.2, 0.25) is 0 Å². The highest BCUT2D eigenvalue weighted by molar-refractivity contribution is 6.17. The van der Waals surface area contributed by atoms with E-state index < -0.39 is 86.1 Å². The smallest absolute Gasteiger partial charge is 0.460 e.